The second kappa shape index (κ2) is 4.95. The van der Waals surface area contributed by atoms with Gasteiger partial charge in [0.05, 0.1) is 6.20 Å². The first-order valence-corrected chi connectivity index (χ1v) is 6.20. The number of hydrogen-bond donors (Lipinski definition) is 0. The smallest absolute Gasteiger partial charge is 0.156 e. The van der Waals surface area contributed by atoms with E-state index >= 15 is 0 Å². The lowest BCUT2D eigenvalue weighted by Crippen LogP contribution is -1.92. The lowest BCUT2D eigenvalue weighted by atomic mass is 10.0. The minimum atomic E-state index is 0.198. The summed E-state index contributed by atoms with van der Waals surface area (Å²) in [7, 11) is 0. The summed E-state index contributed by atoms with van der Waals surface area (Å²) < 4.78 is 1.73. The predicted molar refractivity (Wildman–Crippen MR) is 74.7 cm³/mol. The van der Waals surface area contributed by atoms with Crippen molar-refractivity contribution in [2.75, 3.05) is 0 Å². The van der Waals surface area contributed by atoms with Gasteiger partial charge in [0.25, 0.3) is 0 Å². The number of aromatic nitrogens is 3. The molecule has 0 aliphatic heterocycles. The van der Waals surface area contributed by atoms with Crippen LogP contribution in [0.3, 0.4) is 0 Å². The molecule has 1 aromatic carbocycles. The molecule has 0 N–H and O–H groups in total. The first-order valence-electron chi connectivity index (χ1n) is 6.20. The highest BCUT2D eigenvalue weighted by molar-refractivity contribution is 5.41. The maximum absolute atomic E-state index is 4.43. The number of rotatable bonds is 1. The summed E-state index contributed by atoms with van der Waals surface area (Å²) >= 11 is 0. The minimum Gasteiger partial charge on any atom is -0.223 e. The van der Waals surface area contributed by atoms with E-state index in [1.165, 1.54) is 5.56 Å². The molecule has 2 heterocycles. The normalized spacial score (nSPS) is 11.8. The van der Waals surface area contributed by atoms with Crippen LogP contribution in [0, 0.1) is 11.8 Å². The fourth-order valence-corrected chi connectivity index (χ4v) is 1.89. The number of hydrogen-bond acceptors (Lipinski definition) is 2. The molecule has 3 nitrogen and oxygen atoms in total. The summed E-state index contributed by atoms with van der Waals surface area (Å²) in [5.41, 5.74) is 2.82. The van der Waals surface area contributed by atoms with Crippen molar-refractivity contribution in [3.05, 3.63) is 66.1 Å². The van der Waals surface area contributed by atoms with Crippen LogP contribution in [0.1, 0.15) is 24.1 Å². The molecule has 0 aliphatic rings. The molecule has 92 valence electrons. The largest absolute Gasteiger partial charge is 0.223 e. The van der Waals surface area contributed by atoms with Crippen LogP contribution in [0.25, 0.3) is 5.65 Å². The Labute approximate surface area is 111 Å². The summed E-state index contributed by atoms with van der Waals surface area (Å²) in [6.45, 7) is 2.10. The summed E-state index contributed by atoms with van der Waals surface area (Å²) in [4.78, 5) is 4.43. The highest BCUT2D eigenvalue weighted by atomic mass is 15.2. The van der Waals surface area contributed by atoms with E-state index in [1.54, 1.807) is 10.7 Å². The molecule has 0 aliphatic carbocycles. The number of benzene rings is 1. The Bertz CT molecular complexity index is 748. The van der Waals surface area contributed by atoms with E-state index in [2.05, 4.69) is 41.0 Å². The minimum absolute atomic E-state index is 0.198. The van der Waals surface area contributed by atoms with Gasteiger partial charge < -0.3 is 0 Å². The van der Waals surface area contributed by atoms with Crippen molar-refractivity contribution < 1.29 is 0 Å². The van der Waals surface area contributed by atoms with Gasteiger partial charge >= 0.3 is 0 Å². The molecule has 1 unspecified atom stereocenters. The van der Waals surface area contributed by atoms with Crippen molar-refractivity contribution in [1.82, 2.24) is 14.6 Å². The van der Waals surface area contributed by atoms with E-state index in [0.29, 0.717) is 0 Å². The van der Waals surface area contributed by atoms with Crippen molar-refractivity contribution in [2.45, 2.75) is 12.8 Å². The van der Waals surface area contributed by atoms with Gasteiger partial charge in [0.15, 0.2) is 5.65 Å². The first kappa shape index (κ1) is 11.5. The van der Waals surface area contributed by atoms with Crippen molar-refractivity contribution in [1.29, 1.82) is 0 Å². The van der Waals surface area contributed by atoms with E-state index < -0.39 is 0 Å². The van der Waals surface area contributed by atoms with Crippen LogP contribution in [0.5, 0.6) is 0 Å². The Morgan fingerprint density at radius 3 is 2.79 bits per heavy atom. The van der Waals surface area contributed by atoms with Crippen LogP contribution in [0.4, 0.5) is 0 Å². The predicted octanol–water partition coefficient (Wildman–Crippen LogP) is 2.88. The van der Waals surface area contributed by atoms with E-state index in [-0.39, 0.29) is 5.92 Å². The average Bonchev–Trinajstić information content (AvgIpc) is 2.93. The topological polar surface area (TPSA) is 30.2 Å². The van der Waals surface area contributed by atoms with Crippen LogP contribution < -0.4 is 0 Å². The average molecular weight is 247 g/mol. The van der Waals surface area contributed by atoms with Crippen molar-refractivity contribution in [2.24, 2.45) is 0 Å². The maximum Gasteiger partial charge on any atom is 0.156 e. The SMILES string of the molecule is CC(C#Cc1ccn2nccc2n1)c1ccccc1. The summed E-state index contributed by atoms with van der Waals surface area (Å²) in [6.07, 6.45) is 3.60. The lowest BCUT2D eigenvalue weighted by molar-refractivity contribution is 0.936. The van der Waals surface area contributed by atoms with Crippen LogP contribution in [-0.4, -0.2) is 14.6 Å². The molecule has 3 heteroatoms. The van der Waals surface area contributed by atoms with Crippen molar-refractivity contribution in [3.63, 3.8) is 0 Å². The third-order valence-electron chi connectivity index (χ3n) is 2.97. The Morgan fingerprint density at radius 2 is 1.95 bits per heavy atom. The lowest BCUT2D eigenvalue weighted by Gasteiger charge is -2.02. The molecule has 0 saturated carbocycles. The second-order valence-electron chi connectivity index (χ2n) is 4.35. The zero-order chi connectivity index (χ0) is 13.1. The highest BCUT2D eigenvalue weighted by Crippen LogP contribution is 2.13. The van der Waals surface area contributed by atoms with Gasteiger partial charge in [-0.2, -0.15) is 5.10 Å². The van der Waals surface area contributed by atoms with Gasteiger partial charge in [-0.25, -0.2) is 9.50 Å². The third-order valence-corrected chi connectivity index (χ3v) is 2.97. The molecule has 19 heavy (non-hydrogen) atoms. The molecule has 2 aromatic heterocycles. The van der Waals surface area contributed by atoms with Crippen LogP contribution in [0.2, 0.25) is 0 Å². The summed E-state index contributed by atoms with van der Waals surface area (Å²) in [6, 6.07) is 14.0. The number of fused-ring (bicyclic) bond motifs is 1. The Morgan fingerprint density at radius 1 is 1.11 bits per heavy atom. The molecule has 3 aromatic rings. The molecule has 0 amide bonds. The van der Waals surface area contributed by atoms with Gasteiger partial charge in [0.2, 0.25) is 0 Å². The van der Waals surface area contributed by atoms with Gasteiger partial charge in [-0.3, -0.25) is 0 Å². The van der Waals surface area contributed by atoms with Crippen molar-refractivity contribution >= 4 is 5.65 Å². The zero-order valence-corrected chi connectivity index (χ0v) is 10.6. The van der Waals surface area contributed by atoms with E-state index in [1.807, 2.05) is 36.5 Å². The zero-order valence-electron chi connectivity index (χ0n) is 10.6. The van der Waals surface area contributed by atoms with Gasteiger partial charge in [-0.15, -0.1) is 0 Å². The molecule has 0 bridgehead atoms. The van der Waals surface area contributed by atoms with E-state index in [0.717, 1.165) is 11.3 Å². The monoisotopic (exact) mass is 247 g/mol. The maximum atomic E-state index is 4.43. The molecular weight excluding hydrogens is 234 g/mol. The fourth-order valence-electron chi connectivity index (χ4n) is 1.89. The third kappa shape index (κ3) is 2.48. The summed E-state index contributed by atoms with van der Waals surface area (Å²) in [5.74, 6) is 6.55. The number of nitrogens with zero attached hydrogens (tertiary/aromatic N) is 3. The van der Waals surface area contributed by atoms with Gasteiger partial charge in [0.1, 0.15) is 5.69 Å². The standard InChI is InChI=1S/C16H13N3/c1-13(14-5-3-2-4-6-14)7-8-15-10-12-19-16(18-15)9-11-17-19/h2-6,9-13H,1H3. The Kier molecular flexibility index (Phi) is 2.99. The molecule has 0 radical (unpaired) electrons. The summed E-state index contributed by atoms with van der Waals surface area (Å²) in [5, 5.41) is 4.11. The van der Waals surface area contributed by atoms with Gasteiger partial charge in [0, 0.05) is 18.2 Å². The molecular formula is C16H13N3. The first-order chi connectivity index (χ1) is 9.33. The van der Waals surface area contributed by atoms with E-state index in [9.17, 15) is 0 Å². The van der Waals surface area contributed by atoms with Gasteiger partial charge in [-0.1, -0.05) is 36.3 Å². The second-order valence-corrected chi connectivity index (χ2v) is 4.35. The molecule has 0 saturated heterocycles. The Balaban J connectivity index is 1.87. The van der Waals surface area contributed by atoms with Crippen LogP contribution >= 0.6 is 0 Å². The highest BCUT2D eigenvalue weighted by Gasteiger charge is 2.00. The molecule has 0 spiro atoms. The molecule has 0 fully saturated rings. The quantitative estimate of drug-likeness (QED) is 0.619. The van der Waals surface area contributed by atoms with E-state index in [4.69, 9.17) is 0 Å². The van der Waals surface area contributed by atoms with Gasteiger partial charge in [-0.05, 0) is 24.5 Å². The fraction of sp³-hybridized carbons (Fsp3) is 0.125. The Hall–Kier alpha value is -2.60. The molecule has 3 rings (SSSR count). The van der Waals surface area contributed by atoms with Crippen LogP contribution in [-0.2, 0) is 0 Å². The van der Waals surface area contributed by atoms with Crippen LogP contribution in [0.15, 0.2) is 54.9 Å². The van der Waals surface area contributed by atoms with Crippen molar-refractivity contribution in [3.8, 4) is 11.8 Å². The molecule has 1 atom stereocenters.